The van der Waals surface area contributed by atoms with Crippen molar-refractivity contribution in [2.24, 2.45) is 0 Å². The second-order valence-corrected chi connectivity index (χ2v) is 6.71. The maximum absolute atomic E-state index is 12.7. The fourth-order valence-corrected chi connectivity index (χ4v) is 3.35. The summed E-state index contributed by atoms with van der Waals surface area (Å²) in [6.07, 6.45) is 1.62. The molecule has 3 rings (SSSR count). The van der Waals surface area contributed by atoms with Crippen molar-refractivity contribution in [3.63, 3.8) is 0 Å². The van der Waals surface area contributed by atoms with Gasteiger partial charge in [0.15, 0.2) is 10.8 Å². The average molecular weight is 380 g/mol. The topological polar surface area (TPSA) is 68.3 Å². The van der Waals surface area contributed by atoms with E-state index in [1.54, 1.807) is 18.4 Å². The van der Waals surface area contributed by atoms with Crippen molar-refractivity contribution < 1.29 is 14.3 Å². The largest absolute Gasteiger partial charge is 0.461 e. The smallest absolute Gasteiger partial charge is 0.357 e. The summed E-state index contributed by atoms with van der Waals surface area (Å²) in [6.45, 7) is 2.02. The van der Waals surface area contributed by atoms with Crippen LogP contribution < -0.4 is 5.32 Å². The molecule has 138 valence electrons. The van der Waals surface area contributed by atoms with Gasteiger partial charge in [0.2, 0.25) is 0 Å². The van der Waals surface area contributed by atoms with Gasteiger partial charge in [-0.2, -0.15) is 0 Å². The number of hydrogen-bond acceptors (Lipinski definition) is 5. The number of carbonyl (C=O) groups is 2. The number of ether oxygens (including phenoxy) is 1. The number of aryl methyl sites for hydroxylation is 2. The highest BCUT2D eigenvalue weighted by Crippen LogP contribution is 2.19. The average Bonchev–Trinajstić information content (AvgIpc) is 3.16. The first kappa shape index (κ1) is 18.8. The molecule has 0 aliphatic rings. The lowest BCUT2D eigenvalue weighted by Crippen LogP contribution is -2.15. The van der Waals surface area contributed by atoms with Crippen LogP contribution in [0, 0.1) is 0 Å². The third-order valence-corrected chi connectivity index (χ3v) is 4.75. The summed E-state index contributed by atoms with van der Waals surface area (Å²) >= 11 is 1.20. The highest BCUT2D eigenvalue weighted by atomic mass is 32.1. The molecule has 2 aromatic carbocycles. The number of hydrogen-bond donors (Lipinski definition) is 1. The summed E-state index contributed by atoms with van der Waals surface area (Å²) in [5.41, 5.74) is 3.02. The van der Waals surface area contributed by atoms with Gasteiger partial charge in [-0.15, -0.1) is 11.3 Å². The number of aromatic nitrogens is 1. The van der Waals surface area contributed by atoms with Crippen LogP contribution >= 0.6 is 11.3 Å². The van der Waals surface area contributed by atoms with Gasteiger partial charge in [0.05, 0.1) is 6.61 Å². The minimum Gasteiger partial charge on any atom is -0.461 e. The van der Waals surface area contributed by atoms with E-state index in [2.05, 4.69) is 22.4 Å². The van der Waals surface area contributed by atoms with E-state index in [4.69, 9.17) is 4.74 Å². The van der Waals surface area contributed by atoms with Crippen LogP contribution in [0.1, 0.15) is 38.9 Å². The molecule has 3 aromatic rings. The normalized spacial score (nSPS) is 10.4. The molecule has 1 heterocycles. The highest BCUT2D eigenvalue weighted by Gasteiger charge is 2.15. The Hall–Kier alpha value is -2.99. The summed E-state index contributed by atoms with van der Waals surface area (Å²) in [7, 11) is 0. The molecule has 0 bridgehead atoms. The number of nitrogens with one attached hydrogen (secondary N) is 1. The molecule has 0 fully saturated rings. The van der Waals surface area contributed by atoms with Crippen molar-refractivity contribution in [1.82, 2.24) is 4.98 Å². The van der Waals surface area contributed by atoms with Gasteiger partial charge in [-0.3, -0.25) is 10.1 Å². The summed E-state index contributed by atoms with van der Waals surface area (Å²) in [5, 5.41) is 4.73. The lowest BCUT2D eigenvalue weighted by atomic mass is 9.99. The van der Waals surface area contributed by atoms with Gasteiger partial charge in [-0.1, -0.05) is 48.5 Å². The fourth-order valence-electron chi connectivity index (χ4n) is 2.68. The number of carbonyl (C=O) groups excluding carboxylic acids is 2. The third-order valence-electron chi connectivity index (χ3n) is 4.00. The zero-order valence-electron chi connectivity index (χ0n) is 15.0. The van der Waals surface area contributed by atoms with Crippen LogP contribution in [0.15, 0.2) is 60.0 Å². The predicted octanol–water partition coefficient (Wildman–Crippen LogP) is 4.36. The van der Waals surface area contributed by atoms with Gasteiger partial charge >= 0.3 is 5.97 Å². The van der Waals surface area contributed by atoms with Crippen LogP contribution in [0.2, 0.25) is 0 Å². The molecule has 0 saturated carbocycles. The minimum atomic E-state index is -0.488. The van der Waals surface area contributed by atoms with Crippen LogP contribution in [-0.4, -0.2) is 23.5 Å². The molecular formula is C21H20N2O3S. The second kappa shape index (κ2) is 9.09. The van der Waals surface area contributed by atoms with Crippen LogP contribution in [0.4, 0.5) is 5.13 Å². The van der Waals surface area contributed by atoms with E-state index in [0.29, 0.717) is 10.7 Å². The molecule has 0 atom stereocenters. The SMILES string of the molecule is CCOC(=O)c1csc(NC(=O)c2ccccc2CCc2ccccc2)n1. The summed E-state index contributed by atoms with van der Waals surface area (Å²) in [5.74, 6) is -0.721. The number of anilines is 1. The molecular weight excluding hydrogens is 360 g/mol. The number of amides is 1. The Morgan fingerprint density at radius 1 is 1.04 bits per heavy atom. The van der Waals surface area contributed by atoms with E-state index in [9.17, 15) is 9.59 Å². The zero-order valence-corrected chi connectivity index (χ0v) is 15.8. The van der Waals surface area contributed by atoms with E-state index in [1.807, 2.05) is 36.4 Å². The number of benzene rings is 2. The van der Waals surface area contributed by atoms with Gasteiger partial charge < -0.3 is 4.74 Å². The Morgan fingerprint density at radius 2 is 1.78 bits per heavy atom. The van der Waals surface area contributed by atoms with Crippen LogP contribution in [0.3, 0.4) is 0 Å². The number of esters is 1. The van der Waals surface area contributed by atoms with Gasteiger partial charge in [-0.05, 0) is 37.0 Å². The first-order valence-electron chi connectivity index (χ1n) is 8.73. The Labute approximate surface area is 162 Å². The Morgan fingerprint density at radius 3 is 2.56 bits per heavy atom. The molecule has 0 aliphatic carbocycles. The zero-order chi connectivity index (χ0) is 19.1. The molecule has 0 saturated heterocycles. The maximum Gasteiger partial charge on any atom is 0.357 e. The van der Waals surface area contributed by atoms with Gasteiger partial charge in [0, 0.05) is 10.9 Å². The van der Waals surface area contributed by atoms with Gasteiger partial charge in [0.1, 0.15) is 0 Å². The molecule has 1 N–H and O–H groups in total. The lowest BCUT2D eigenvalue weighted by molar-refractivity contribution is 0.0520. The molecule has 6 heteroatoms. The standard InChI is InChI=1S/C21H20N2O3S/c1-2-26-20(25)18-14-27-21(22-18)23-19(24)17-11-7-6-10-16(17)13-12-15-8-4-3-5-9-15/h3-11,14H,2,12-13H2,1H3,(H,22,23,24). The first-order chi connectivity index (χ1) is 13.2. The number of thiazole rings is 1. The van der Waals surface area contributed by atoms with Crippen molar-refractivity contribution in [3.05, 3.63) is 82.4 Å². The van der Waals surface area contributed by atoms with E-state index in [-0.39, 0.29) is 18.2 Å². The maximum atomic E-state index is 12.7. The fraction of sp³-hybridized carbons (Fsp3) is 0.190. The van der Waals surface area contributed by atoms with Crippen LogP contribution in [-0.2, 0) is 17.6 Å². The third kappa shape index (κ3) is 5.01. The van der Waals surface area contributed by atoms with Gasteiger partial charge in [-0.25, -0.2) is 9.78 Å². The first-order valence-corrected chi connectivity index (χ1v) is 9.61. The number of rotatable bonds is 7. The van der Waals surface area contributed by atoms with Crippen molar-refractivity contribution in [1.29, 1.82) is 0 Å². The Kier molecular flexibility index (Phi) is 6.33. The summed E-state index contributed by atoms with van der Waals surface area (Å²) in [4.78, 5) is 28.5. The van der Waals surface area contributed by atoms with Crippen molar-refractivity contribution in [2.75, 3.05) is 11.9 Å². The monoisotopic (exact) mass is 380 g/mol. The van der Waals surface area contributed by atoms with E-state index in [0.717, 1.165) is 18.4 Å². The van der Waals surface area contributed by atoms with Crippen LogP contribution in [0.25, 0.3) is 0 Å². The Balaban J connectivity index is 1.69. The minimum absolute atomic E-state index is 0.203. The summed E-state index contributed by atoms with van der Waals surface area (Å²) in [6, 6.07) is 17.7. The quantitative estimate of drug-likeness (QED) is 0.619. The molecule has 0 radical (unpaired) electrons. The highest BCUT2D eigenvalue weighted by molar-refractivity contribution is 7.14. The Bertz CT molecular complexity index is 922. The van der Waals surface area contributed by atoms with E-state index in [1.165, 1.54) is 16.9 Å². The molecule has 0 aliphatic heterocycles. The lowest BCUT2D eigenvalue weighted by Gasteiger charge is -2.09. The van der Waals surface area contributed by atoms with Crippen LogP contribution in [0.5, 0.6) is 0 Å². The summed E-state index contributed by atoms with van der Waals surface area (Å²) < 4.78 is 4.92. The van der Waals surface area contributed by atoms with Crippen molar-refractivity contribution in [2.45, 2.75) is 19.8 Å². The van der Waals surface area contributed by atoms with Gasteiger partial charge in [0.25, 0.3) is 5.91 Å². The van der Waals surface area contributed by atoms with E-state index < -0.39 is 5.97 Å². The second-order valence-electron chi connectivity index (χ2n) is 5.86. The molecule has 0 spiro atoms. The molecule has 1 aromatic heterocycles. The predicted molar refractivity (Wildman–Crippen MR) is 106 cm³/mol. The molecule has 5 nitrogen and oxygen atoms in total. The van der Waals surface area contributed by atoms with Crippen molar-refractivity contribution >= 4 is 28.3 Å². The molecule has 0 unspecified atom stereocenters. The molecule has 27 heavy (non-hydrogen) atoms. The number of nitrogens with zero attached hydrogens (tertiary/aromatic N) is 1. The van der Waals surface area contributed by atoms with E-state index >= 15 is 0 Å². The van der Waals surface area contributed by atoms with Crippen molar-refractivity contribution in [3.8, 4) is 0 Å². The molecule has 1 amide bonds.